The van der Waals surface area contributed by atoms with E-state index in [0.717, 1.165) is 43.9 Å². The summed E-state index contributed by atoms with van der Waals surface area (Å²) in [5.41, 5.74) is -1.49. The Labute approximate surface area is 179 Å². The molecule has 31 heavy (non-hydrogen) atoms. The van der Waals surface area contributed by atoms with Gasteiger partial charge >= 0.3 is 6.18 Å². The van der Waals surface area contributed by atoms with E-state index in [9.17, 15) is 26.4 Å². The molecule has 2 aromatic carbocycles. The van der Waals surface area contributed by atoms with Crippen LogP contribution in [0.2, 0.25) is 0 Å². The molecule has 10 heteroatoms. The molecule has 0 bridgehead atoms. The van der Waals surface area contributed by atoms with Crippen molar-refractivity contribution in [3.63, 3.8) is 0 Å². The minimum atomic E-state index is -4.65. The maximum absolute atomic E-state index is 13.2. The van der Waals surface area contributed by atoms with Gasteiger partial charge in [-0.1, -0.05) is 25.0 Å². The monoisotopic (exact) mass is 456 g/mol. The van der Waals surface area contributed by atoms with Crippen molar-refractivity contribution in [3.05, 3.63) is 53.6 Å². The molecule has 1 N–H and O–H groups in total. The zero-order valence-electron chi connectivity index (χ0n) is 16.9. The molecular weight excluding hydrogens is 433 g/mol. The van der Waals surface area contributed by atoms with Crippen molar-refractivity contribution in [3.8, 4) is 5.75 Å². The van der Waals surface area contributed by atoms with Crippen LogP contribution in [-0.4, -0.2) is 38.8 Å². The Morgan fingerprint density at radius 1 is 1.03 bits per heavy atom. The molecule has 0 spiro atoms. The molecule has 168 valence electrons. The van der Waals surface area contributed by atoms with Crippen LogP contribution in [0.1, 0.15) is 41.6 Å². The lowest BCUT2D eigenvalue weighted by atomic mass is 10.1. The van der Waals surface area contributed by atoms with Crippen LogP contribution >= 0.6 is 0 Å². The van der Waals surface area contributed by atoms with Crippen molar-refractivity contribution < 1.29 is 31.1 Å². The van der Waals surface area contributed by atoms with Gasteiger partial charge in [-0.2, -0.15) is 17.5 Å². The predicted molar refractivity (Wildman–Crippen MR) is 110 cm³/mol. The fraction of sp³-hybridized carbons (Fsp3) is 0.381. The number of sulfonamides is 1. The molecule has 6 nitrogen and oxygen atoms in total. The number of benzene rings is 2. The third kappa shape index (κ3) is 5.19. The van der Waals surface area contributed by atoms with Crippen molar-refractivity contribution in [2.45, 2.75) is 36.8 Å². The van der Waals surface area contributed by atoms with Crippen LogP contribution < -0.4 is 10.1 Å². The topological polar surface area (TPSA) is 75.7 Å². The number of carbonyl (C=O) groups excluding carboxylic acids is 1. The summed E-state index contributed by atoms with van der Waals surface area (Å²) in [5.74, 6) is -0.789. The van der Waals surface area contributed by atoms with Gasteiger partial charge in [-0.3, -0.25) is 4.79 Å². The summed E-state index contributed by atoms with van der Waals surface area (Å²) in [4.78, 5) is 12.5. The minimum Gasteiger partial charge on any atom is -0.495 e. The smallest absolute Gasteiger partial charge is 0.418 e. The summed E-state index contributed by atoms with van der Waals surface area (Å²) in [6.07, 6.45) is -1.31. The molecule has 1 aliphatic rings. The number of anilines is 1. The molecule has 0 atom stereocenters. The average molecular weight is 456 g/mol. The second-order valence-corrected chi connectivity index (χ2v) is 9.09. The van der Waals surface area contributed by atoms with Gasteiger partial charge in [0.15, 0.2) is 0 Å². The first-order chi connectivity index (χ1) is 14.6. The molecule has 0 aromatic heterocycles. The van der Waals surface area contributed by atoms with E-state index in [-0.39, 0.29) is 16.2 Å². The van der Waals surface area contributed by atoms with Crippen LogP contribution in [0.25, 0.3) is 0 Å². The van der Waals surface area contributed by atoms with Crippen LogP contribution in [0, 0.1) is 0 Å². The second kappa shape index (κ2) is 9.27. The molecule has 3 rings (SSSR count). The third-order valence-electron chi connectivity index (χ3n) is 5.09. The highest BCUT2D eigenvalue weighted by molar-refractivity contribution is 7.89. The first kappa shape index (κ1) is 23.1. The zero-order valence-corrected chi connectivity index (χ0v) is 17.7. The molecule has 1 aliphatic heterocycles. The van der Waals surface area contributed by atoms with Crippen LogP contribution in [0.5, 0.6) is 5.75 Å². The standard InChI is InChI=1S/C21H23F3N2O4S/c1-30-18-11-10-15(14-19(18)31(28,29)26-12-6-2-3-7-13-26)20(27)25-17-9-5-4-8-16(17)21(22,23)24/h4-5,8-11,14H,2-3,6-7,12-13H2,1H3,(H,25,27). The Bertz CT molecular complexity index is 1050. The summed E-state index contributed by atoms with van der Waals surface area (Å²) < 4.78 is 72.6. The number of hydrogen-bond donors (Lipinski definition) is 1. The van der Waals surface area contributed by atoms with Crippen LogP contribution in [0.15, 0.2) is 47.4 Å². The number of nitrogens with one attached hydrogen (secondary N) is 1. The molecule has 1 amide bonds. The second-order valence-electron chi connectivity index (χ2n) is 7.18. The van der Waals surface area contributed by atoms with E-state index in [4.69, 9.17) is 4.74 Å². The molecule has 0 aliphatic carbocycles. The summed E-state index contributed by atoms with van der Waals surface area (Å²) in [5, 5.41) is 2.23. The van der Waals surface area contributed by atoms with E-state index in [0.29, 0.717) is 13.1 Å². The van der Waals surface area contributed by atoms with Crippen molar-refractivity contribution in [2.75, 3.05) is 25.5 Å². The summed E-state index contributed by atoms with van der Waals surface area (Å²) in [7, 11) is -2.62. The molecule has 1 heterocycles. The Morgan fingerprint density at radius 2 is 1.68 bits per heavy atom. The molecule has 0 radical (unpaired) electrons. The lowest BCUT2D eigenvalue weighted by molar-refractivity contribution is -0.136. The normalized spacial score (nSPS) is 15.9. The van der Waals surface area contributed by atoms with Gasteiger partial charge < -0.3 is 10.1 Å². The quantitative estimate of drug-likeness (QED) is 0.717. The van der Waals surface area contributed by atoms with Gasteiger partial charge in [0, 0.05) is 18.7 Å². The predicted octanol–water partition coefficient (Wildman–Crippen LogP) is 4.53. The van der Waals surface area contributed by atoms with Crippen molar-refractivity contribution in [2.24, 2.45) is 0 Å². The average Bonchev–Trinajstić information content (AvgIpc) is 3.03. The maximum atomic E-state index is 13.2. The van der Waals surface area contributed by atoms with E-state index in [2.05, 4.69) is 5.32 Å². The first-order valence-corrected chi connectivity index (χ1v) is 11.2. The summed E-state index contributed by atoms with van der Waals surface area (Å²) in [6, 6.07) is 8.37. The zero-order chi connectivity index (χ0) is 22.6. The van der Waals surface area contributed by atoms with Crippen molar-refractivity contribution in [1.29, 1.82) is 0 Å². The van der Waals surface area contributed by atoms with Crippen LogP contribution in [-0.2, 0) is 16.2 Å². The van der Waals surface area contributed by atoms with Gasteiger partial charge in [-0.05, 0) is 43.2 Å². The van der Waals surface area contributed by atoms with Gasteiger partial charge in [-0.25, -0.2) is 8.42 Å². The van der Waals surface area contributed by atoms with E-state index in [1.54, 1.807) is 0 Å². The van der Waals surface area contributed by atoms with E-state index in [1.807, 2.05) is 0 Å². The number of methoxy groups -OCH3 is 1. The molecule has 0 saturated carbocycles. The number of para-hydroxylation sites is 1. The minimum absolute atomic E-state index is 0.0662. The number of carbonyl (C=O) groups is 1. The number of hydrogen-bond acceptors (Lipinski definition) is 4. The Hall–Kier alpha value is -2.59. The lowest BCUT2D eigenvalue weighted by Crippen LogP contribution is -2.32. The number of halogens is 3. The Kier molecular flexibility index (Phi) is 6.90. The highest BCUT2D eigenvalue weighted by atomic mass is 32.2. The Morgan fingerprint density at radius 3 is 2.29 bits per heavy atom. The first-order valence-electron chi connectivity index (χ1n) is 9.80. The number of nitrogens with zero attached hydrogens (tertiary/aromatic N) is 1. The Balaban J connectivity index is 1.95. The van der Waals surface area contributed by atoms with Crippen LogP contribution in [0.4, 0.5) is 18.9 Å². The van der Waals surface area contributed by atoms with Gasteiger partial charge in [0.2, 0.25) is 10.0 Å². The highest BCUT2D eigenvalue weighted by Gasteiger charge is 2.34. The van der Waals surface area contributed by atoms with Gasteiger partial charge in [0.05, 0.1) is 18.4 Å². The van der Waals surface area contributed by atoms with Crippen LogP contribution in [0.3, 0.4) is 0 Å². The number of rotatable bonds is 5. The van der Waals surface area contributed by atoms with E-state index >= 15 is 0 Å². The maximum Gasteiger partial charge on any atom is 0.418 e. The van der Waals surface area contributed by atoms with Crippen molar-refractivity contribution >= 4 is 21.6 Å². The fourth-order valence-electron chi connectivity index (χ4n) is 3.47. The van der Waals surface area contributed by atoms with Gasteiger partial charge in [0.25, 0.3) is 5.91 Å². The highest BCUT2D eigenvalue weighted by Crippen LogP contribution is 2.35. The largest absolute Gasteiger partial charge is 0.495 e. The van der Waals surface area contributed by atoms with Crippen molar-refractivity contribution in [1.82, 2.24) is 4.31 Å². The number of amides is 1. The number of ether oxygens (including phenoxy) is 1. The number of alkyl halides is 3. The molecule has 0 unspecified atom stereocenters. The molecular formula is C21H23F3N2O4S. The third-order valence-corrected chi connectivity index (χ3v) is 7.01. The molecule has 1 fully saturated rings. The SMILES string of the molecule is COc1ccc(C(=O)Nc2ccccc2C(F)(F)F)cc1S(=O)(=O)N1CCCCCC1. The van der Waals surface area contributed by atoms with Gasteiger partial charge in [0.1, 0.15) is 10.6 Å². The molecule has 1 saturated heterocycles. The van der Waals surface area contributed by atoms with E-state index in [1.165, 1.54) is 35.7 Å². The fourth-order valence-corrected chi connectivity index (χ4v) is 5.17. The summed E-state index contributed by atoms with van der Waals surface area (Å²) in [6.45, 7) is 0.724. The lowest BCUT2D eigenvalue weighted by Gasteiger charge is -2.21. The summed E-state index contributed by atoms with van der Waals surface area (Å²) >= 11 is 0. The van der Waals surface area contributed by atoms with E-state index < -0.39 is 33.4 Å². The van der Waals surface area contributed by atoms with Gasteiger partial charge in [-0.15, -0.1) is 0 Å². The molecule has 2 aromatic rings.